The first-order valence-electron chi connectivity index (χ1n) is 8.38. The summed E-state index contributed by atoms with van der Waals surface area (Å²) in [7, 11) is 0. The van der Waals surface area contributed by atoms with Crippen LogP contribution in [-0.4, -0.2) is 26.8 Å². The van der Waals surface area contributed by atoms with Gasteiger partial charge in [-0.05, 0) is 32.1 Å². The number of hydrogen-bond acceptors (Lipinski definition) is 3. The molecule has 1 aliphatic heterocycles. The first-order chi connectivity index (χ1) is 11.4. The first kappa shape index (κ1) is 17.0. The van der Waals surface area contributed by atoms with Gasteiger partial charge in [0.2, 0.25) is 5.91 Å². The Bertz CT molecular complexity index is 628. The molecule has 24 heavy (non-hydrogen) atoms. The van der Waals surface area contributed by atoms with Gasteiger partial charge in [-0.3, -0.25) is 4.79 Å². The van der Waals surface area contributed by atoms with Crippen LogP contribution in [0.1, 0.15) is 50.2 Å². The van der Waals surface area contributed by atoms with Crippen molar-refractivity contribution in [3.05, 3.63) is 23.3 Å². The van der Waals surface area contributed by atoms with Crippen molar-refractivity contribution in [2.75, 3.05) is 0 Å². The predicted molar refractivity (Wildman–Crippen MR) is 80.9 cm³/mol. The molecule has 1 aromatic heterocycles. The summed E-state index contributed by atoms with van der Waals surface area (Å²) in [5.74, 6) is -0.666. The van der Waals surface area contributed by atoms with Crippen molar-refractivity contribution in [3.63, 3.8) is 0 Å². The molecule has 0 saturated heterocycles. The van der Waals surface area contributed by atoms with E-state index >= 15 is 0 Å². The van der Waals surface area contributed by atoms with Crippen LogP contribution in [0.5, 0.6) is 0 Å². The number of carbonyl (C=O) groups excluding carboxylic acids is 1. The lowest BCUT2D eigenvalue weighted by Gasteiger charge is -2.25. The van der Waals surface area contributed by atoms with Gasteiger partial charge >= 0.3 is 6.18 Å². The van der Waals surface area contributed by atoms with E-state index in [9.17, 15) is 18.0 Å². The number of rotatable bonds is 3. The van der Waals surface area contributed by atoms with Crippen LogP contribution in [-0.2, 0) is 24.3 Å². The lowest BCUT2D eigenvalue weighted by molar-refractivity contribution is -0.179. The number of halogens is 3. The molecule has 2 aliphatic rings. The molecule has 8 heteroatoms. The maximum atomic E-state index is 12.8. The lowest BCUT2D eigenvalue weighted by Crippen LogP contribution is -2.32. The van der Waals surface area contributed by atoms with E-state index in [4.69, 9.17) is 0 Å². The molecule has 3 rings (SSSR count). The molecule has 0 radical (unpaired) electrons. The Kier molecular flexibility index (Phi) is 4.91. The highest BCUT2D eigenvalue weighted by molar-refractivity contribution is 5.88. The zero-order valence-electron chi connectivity index (χ0n) is 13.4. The van der Waals surface area contributed by atoms with E-state index in [1.807, 2.05) is 0 Å². The normalized spacial score (nSPS) is 21.3. The van der Waals surface area contributed by atoms with Crippen LogP contribution in [0, 0.1) is 5.92 Å². The third-order valence-electron chi connectivity index (χ3n) is 4.75. The Labute approximate surface area is 138 Å². The predicted octanol–water partition coefficient (Wildman–Crippen LogP) is 2.91. The molecule has 1 atom stereocenters. The molecule has 1 N–H and O–H groups in total. The van der Waals surface area contributed by atoms with Crippen LogP contribution in [0.2, 0.25) is 0 Å². The van der Waals surface area contributed by atoms with Gasteiger partial charge in [-0.1, -0.05) is 12.0 Å². The van der Waals surface area contributed by atoms with Crippen LogP contribution in [0.15, 0.2) is 11.6 Å². The molecule has 2 heterocycles. The van der Waals surface area contributed by atoms with Gasteiger partial charge in [0.1, 0.15) is 5.82 Å². The summed E-state index contributed by atoms with van der Waals surface area (Å²) in [6.45, 7) is 0.422. The number of aromatic nitrogens is 3. The molecule has 132 valence electrons. The van der Waals surface area contributed by atoms with Crippen LogP contribution in [0.3, 0.4) is 0 Å². The summed E-state index contributed by atoms with van der Waals surface area (Å²) >= 11 is 0. The SMILES string of the molecule is O=C(C=C1CCCCC1)NCc1nnc2n1CCC(C(F)(F)F)C2. The molecule has 1 aliphatic carbocycles. The van der Waals surface area contributed by atoms with Gasteiger partial charge in [0.05, 0.1) is 12.5 Å². The lowest BCUT2D eigenvalue weighted by atomic mass is 9.95. The summed E-state index contributed by atoms with van der Waals surface area (Å²) in [6, 6.07) is 0. The topological polar surface area (TPSA) is 59.8 Å². The summed E-state index contributed by atoms with van der Waals surface area (Å²) in [5, 5.41) is 10.6. The van der Waals surface area contributed by atoms with E-state index < -0.39 is 12.1 Å². The summed E-state index contributed by atoms with van der Waals surface area (Å²) in [6.07, 6.45) is 2.72. The maximum Gasteiger partial charge on any atom is 0.392 e. The molecule has 1 saturated carbocycles. The number of fused-ring (bicyclic) bond motifs is 1. The number of carbonyl (C=O) groups is 1. The minimum atomic E-state index is -4.20. The highest BCUT2D eigenvalue weighted by atomic mass is 19.4. The molecule has 1 amide bonds. The fourth-order valence-corrected chi connectivity index (χ4v) is 3.35. The van der Waals surface area contributed by atoms with Gasteiger partial charge in [0.15, 0.2) is 5.82 Å². The second kappa shape index (κ2) is 6.94. The molecule has 0 spiro atoms. The van der Waals surface area contributed by atoms with Crippen molar-refractivity contribution < 1.29 is 18.0 Å². The molecule has 1 aromatic rings. The average Bonchev–Trinajstić information content (AvgIpc) is 2.95. The van der Waals surface area contributed by atoms with Crippen molar-refractivity contribution in [3.8, 4) is 0 Å². The Morgan fingerprint density at radius 3 is 2.71 bits per heavy atom. The number of nitrogens with zero attached hydrogens (tertiary/aromatic N) is 3. The monoisotopic (exact) mass is 342 g/mol. The molecule has 1 unspecified atom stereocenters. The van der Waals surface area contributed by atoms with Crippen LogP contribution in [0.4, 0.5) is 13.2 Å². The fourth-order valence-electron chi connectivity index (χ4n) is 3.35. The number of alkyl halides is 3. The van der Waals surface area contributed by atoms with Gasteiger partial charge in [-0.15, -0.1) is 10.2 Å². The molecular weight excluding hydrogens is 321 g/mol. The zero-order valence-corrected chi connectivity index (χ0v) is 13.4. The second-order valence-corrected chi connectivity index (χ2v) is 6.50. The van der Waals surface area contributed by atoms with Crippen molar-refractivity contribution in [1.82, 2.24) is 20.1 Å². The summed E-state index contributed by atoms with van der Waals surface area (Å²) < 4.78 is 40.1. The number of amides is 1. The van der Waals surface area contributed by atoms with E-state index in [1.165, 1.54) is 6.42 Å². The molecule has 0 aromatic carbocycles. The minimum absolute atomic E-state index is 0.0273. The van der Waals surface area contributed by atoms with Crippen molar-refractivity contribution in [2.45, 2.75) is 64.2 Å². The summed E-state index contributed by atoms with van der Waals surface area (Å²) in [4.78, 5) is 12.0. The Morgan fingerprint density at radius 2 is 2.00 bits per heavy atom. The summed E-state index contributed by atoms with van der Waals surface area (Å²) in [5.41, 5.74) is 1.16. The van der Waals surface area contributed by atoms with Crippen LogP contribution < -0.4 is 5.32 Å². The standard InChI is InChI=1S/C16H21F3N4O/c17-16(18,19)12-6-7-23-13(9-12)21-22-14(23)10-20-15(24)8-11-4-2-1-3-5-11/h8,12H,1-7,9-10H2,(H,20,24). The Morgan fingerprint density at radius 1 is 1.25 bits per heavy atom. The number of allylic oxidation sites excluding steroid dienone is 1. The Hall–Kier alpha value is -1.86. The van der Waals surface area contributed by atoms with E-state index in [2.05, 4.69) is 15.5 Å². The van der Waals surface area contributed by atoms with Crippen molar-refractivity contribution in [2.24, 2.45) is 5.92 Å². The van der Waals surface area contributed by atoms with Gasteiger partial charge in [-0.2, -0.15) is 13.2 Å². The highest BCUT2D eigenvalue weighted by Crippen LogP contribution is 2.34. The van der Waals surface area contributed by atoms with Crippen LogP contribution >= 0.6 is 0 Å². The smallest absolute Gasteiger partial charge is 0.345 e. The van der Waals surface area contributed by atoms with Crippen molar-refractivity contribution in [1.29, 1.82) is 0 Å². The molecule has 0 bridgehead atoms. The quantitative estimate of drug-likeness (QED) is 0.859. The molecular formula is C16H21F3N4O. The Balaban J connectivity index is 1.58. The van der Waals surface area contributed by atoms with Gasteiger partial charge in [0, 0.05) is 19.0 Å². The molecule has 1 fully saturated rings. The van der Waals surface area contributed by atoms with Gasteiger partial charge in [0.25, 0.3) is 0 Å². The second-order valence-electron chi connectivity index (χ2n) is 6.50. The third-order valence-corrected chi connectivity index (χ3v) is 4.75. The third kappa shape index (κ3) is 3.96. The van der Waals surface area contributed by atoms with Crippen molar-refractivity contribution >= 4 is 5.91 Å². The molecule has 5 nitrogen and oxygen atoms in total. The fraction of sp³-hybridized carbons (Fsp3) is 0.688. The first-order valence-corrected chi connectivity index (χ1v) is 8.38. The van der Waals surface area contributed by atoms with E-state index in [-0.39, 0.29) is 31.8 Å². The van der Waals surface area contributed by atoms with Gasteiger partial charge in [-0.25, -0.2) is 0 Å². The minimum Gasteiger partial charge on any atom is -0.345 e. The maximum absolute atomic E-state index is 12.8. The van der Waals surface area contributed by atoms with E-state index in [0.29, 0.717) is 11.6 Å². The number of hydrogen-bond donors (Lipinski definition) is 1. The van der Waals surface area contributed by atoms with Crippen LogP contribution in [0.25, 0.3) is 0 Å². The van der Waals surface area contributed by atoms with E-state index in [0.717, 1.165) is 31.3 Å². The highest BCUT2D eigenvalue weighted by Gasteiger charge is 2.42. The van der Waals surface area contributed by atoms with Gasteiger partial charge < -0.3 is 9.88 Å². The average molecular weight is 342 g/mol. The zero-order chi connectivity index (χ0) is 17.2. The largest absolute Gasteiger partial charge is 0.392 e. The number of nitrogens with one attached hydrogen (secondary N) is 1. The van der Waals surface area contributed by atoms with E-state index in [1.54, 1.807) is 10.6 Å².